The van der Waals surface area contributed by atoms with Crippen molar-refractivity contribution in [1.82, 2.24) is 14.9 Å². The molecule has 7 nitrogen and oxygen atoms in total. The molecule has 1 fully saturated rings. The lowest BCUT2D eigenvalue weighted by atomic mass is 9.86. The lowest BCUT2D eigenvalue weighted by Gasteiger charge is -2.29. The van der Waals surface area contributed by atoms with Crippen molar-refractivity contribution in [3.05, 3.63) is 22.6 Å². The van der Waals surface area contributed by atoms with Gasteiger partial charge in [0.15, 0.2) is 0 Å². The summed E-state index contributed by atoms with van der Waals surface area (Å²) in [6, 6.07) is 0.272. The molecule has 1 aromatic rings. The van der Waals surface area contributed by atoms with Crippen LogP contribution < -0.4 is 5.32 Å². The zero-order valence-electron chi connectivity index (χ0n) is 11.6. The Morgan fingerprint density at radius 2 is 2.30 bits per heavy atom. The smallest absolute Gasteiger partial charge is 0.358 e. The average Bonchev–Trinajstić information content (AvgIpc) is 2.88. The molecule has 1 aromatic heterocycles. The molecule has 0 aliphatic heterocycles. The number of aryl methyl sites for hydroxylation is 1. The van der Waals surface area contributed by atoms with Gasteiger partial charge in [-0.05, 0) is 28.7 Å². The predicted octanol–water partition coefficient (Wildman–Crippen LogP) is 1.88. The largest absolute Gasteiger partial charge is 0.381 e. The monoisotopic (exact) mass is 280 g/mol. The summed E-state index contributed by atoms with van der Waals surface area (Å²) in [7, 11) is 0. The fourth-order valence-electron chi connectivity index (χ4n) is 2.61. The van der Waals surface area contributed by atoms with Gasteiger partial charge >= 0.3 is 5.82 Å². The van der Waals surface area contributed by atoms with Crippen LogP contribution in [-0.4, -0.2) is 26.4 Å². The van der Waals surface area contributed by atoms with Gasteiger partial charge in [0.2, 0.25) is 12.2 Å². The number of hydrogen-bond acceptors (Lipinski definition) is 4. The van der Waals surface area contributed by atoms with Gasteiger partial charge in [-0.2, -0.15) is 0 Å². The topological polar surface area (TPSA) is 90.1 Å². The lowest BCUT2D eigenvalue weighted by Crippen LogP contribution is -2.41. The SMILES string of the molecule is C[C@H]1CCCC[C@H]1NC(=O)CCn1cnc([N+](=O)[O-])c1. The summed E-state index contributed by atoms with van der Waals surface area (Å²) in [6.45, 7) is 2.58. The second-order valence-corrected chi connectivity index (χ2v) is 5.41. The molecule has 1 aliphatic rings. The van der Waals surface area contributed by atoms with E-state index in [1.165, 1.54) is 31.8 Å². The molecule has 1 heterocycles. The summed E-state index contributed by atoms with van der Waals surface area (Å²) < 4.78 is 1.57. The maximum absolute atomic E-state index is 11.9. The summed E-state index contributed by atoms with van der Waals surface area (Å²) in [5, 5.41) is 13.6. The average molecular weight is 280 g/mol. The number of imidazole rings is 1. The van der Waals surface area contributed by atoms with E-state index in [9.17, 15) is 14.9 Å². The fourth-order valence-corrected chi connectivity index (χ4v) is 2.61. The minimum absolute atomic E-state index is 0.0000954. The van der Waals surface area contributed by atoms with E-state index in [1.807, 2.05) is 0 Å². The highest BCUT2D eigenvalue weighted by molar-refractivity contribution is 5.76. The zero-order valence-corrected chi connectivity index (χ0v) is 11.6. The number of carbonyl (C=O) groups excluding carboxylic acids is 1. The van der Waals surface area contributed by atoms with E-state index in [1.54, 1.807) is 4.57 Å². The van der Waals surface area contributed by atoms with E-state index < -0.39 is 4.92 Å². The summed E-state index contributed by atoms with van der Waals surface area (Å²) >= 11 is 0. The molecule has 1 aliphatic carbocycles. The molecule has 0 unspecified atom stereocenters. The summed E-state index contributed by atoms with van der Waals surface area (Å²) in [5.74, 6) is 0.341. The first-order chi connectivity index (χ1) is 9.56. The number of nitrogens with one attached hydrogen (secondary N) is 1. The van der Waals surface area contributed by atoms with Crippen LogP contribution in [0.25, 0.3) is 0 Å². The first-order valence-corrected chi connectivity index (χ1v) is 7.02. The van der Waals surface area contributed by atoms with Crippen LogP contribution in [0.3, 0.4) is 0 Å². The summed E-state index contributed by atoms with van der Waals surface area (Å²) in [6.07, 6.45) is 7.67. The van der Waals surface area contributed by atoms with Gasteiger partial charge in [-0.25, -0.2) is 0 Å². The van der Waals surface area contributed by atoms with E-state index in [4.69, 9.17) is 0 Å². The van der Waals surface area contributed by atoms with Gasteiger partial charge in [-0.3, -0.25) is 4.79 Å². The van der Waals surface area contributed by atoms with Crippen molar-refractivity contribution in [2.75, 3.05) is 0 Å². The van der Waals surface area contributed by atoms with Gasteiger partial charge in [0.1, 0.15) is 6.20 Å². The third-order valence-electron chi connectivity index (χ3n) is 3.86. The molecule has 1 saturated carbocycles. The molecule has 0 saturated heterocycles. The minimum atomic E-state index is -0.541. The van der Waals surface area contributed by atoms with Crippen molar-refractivity contribution >= 4 is 11.7 Å². The second-order valence-electron chi connectivity index (χ2n) is 5.41. The zero-order chi connectivity index (χ0) is 14.5. The lowest BCUT2D eigenvalue weighted by molar-refractivity contribution is -0.389. The van der Waals surface area contributed by atoms with E-state index in [0.717, 1.165) is 6.42 Å². The fraction of sp³-hybridized carbons (Fsp3) is 0.692. The Balaban J connectivity index is 1.78. The van der Waals surface area contributed by atoms with Crippen molar-refractivity contribution < 1.29 is 9.72 Å². The Kier molecular flexibility index (Phi) is 4.70. The van der Waals surface area contributed by atoms with Crippen molar-refractivity contribution in [3.8, 4) is 0 Å². The van der Waals surface area contributed by atoms with E-state index >= 15 is 0 Å². The maximum Gasteiger partial charge on any atom is 0.381 e. The molecule has 2 rings (SSSR count). The molecular formula is C13H20N4O3. The van der Waals surface area contributed by atoms with Gasteiger partial charge < -0.3 is 20.0 Å². The van der Waals surface area contributed by atoms with Crippen LogP contribution in [0.1, 0.15) is 39.0 Å². The standard InChI is InChI=1S/C13H20N4O3/c1-10-4-2-3-5-11(10)15-13(18)6-7-16-8-12(14-9-16)17(19)20/h8-11H,2-7H2,1H3,(H,15,18)/t10-,11+/m0/s1. The number of aromatic nitrogens is 2. The quantitative estimate of drug-likeness (QED) is 0.658. The first kappa shape index (κ1) is 14.5. The van der Waals surface area contributed by atoms with Crippen molar-refractivity contribution in [2.45, 2.75) is 51.6 Å². The van der Waals surface area contributed by atoms with Crippen LogP contribution in [0.4, 0.5) is 5.82 Å². The third-order valence-corrected chi connectivity index (χ3v) is 3.86. The highest BCUT2D eigenvalue weighted by atomic mass is 16.6. The molecule has 20 heavy (non-hydrogen) atoms. The number of nitro groups is 1. The molecule has 2 atom stereocenters. The van der Waals surface area contributed by atoms with Crippen LogP contribution in [0.5, 0.6) is 0 Å². The molecule has 1 amide bonds. The van der Waals surface area contributed by atoms with Crippen LogP contribution in [0.2, 0.25) is 0 Å². The van der Waals surface area contributed by atoms with Crippen LogP contribution in [-0.2, 0) is 11.3 Å². The van der Waals surface area contributed by atoms with Crippen LogP contribution >= 0.6 is 0 Å². The third kappa shape index (κ3) is 3.79. The maximum atomic E-state index is 11.9. The summed E-state index contributed by atoms with van der Waals surface area (Å²) in [5.41, 5.74) is 0. The van der Waals surface area contributed by atoms with Crippen molar-refractivity contribution in [3.63, 3.8) is 0 Å². The van der Waals surface area contributed by atoms with E-state index in [2.05, 4.69) is 17.2 Å². The number of nitrogens with zero attached hydrogens (tertiary/aromatic N) is 3. The van der Waals surface area contributed by atoms with Crippen molar-refractivity contribution in [2.24, 2.45) is 5.92 Å². The van der Waals surface area contributed by atoms with Gasteiger partial charge in [0, 0.05) is 19.0 Å². The highest BCUT2D eigenvalue weighted by Crippen LogP contribution is 2.23. The molecule has 0 radical (unpaired) electrons. The normalized spacial score (nSPS) is 22.4. The van der Waals surface area contributed by atoms with Crippen molar-refractivity contribution in [1.29, 1.82) is 0 Å². The molecule has 110 valence electrons. The first-order valence-electron chi connectivity index (χ1n) is 7.02. The number of rotatable bonds is 5. The van der Waals surface area contributed by atoms with Crippen LogP contribution in [0.15, 0.2) is 12.5 Å². The van der Waals surface area contributed by atoms with Crippen LogP contribution in [0, 0.1) is 16.0 Å². The Morgan fingerprint density at radius 3 is 2.95 bits per heavy atom. The predicted molar refractivity (Wildman–Crippen MR) is 73.1 cm³/mol. The second kappa shape index (κ2) is 6.49. The molecule has 0 bridgehead atoms. The minimum Gasteiger partial charge on any atom is -0.358 e. The van der Waals surface area contributed by atoms with Gasteiger partial charge in [-0.15, -0.1) is 0 Å². The molecule has 1 N–H and O–H groups in total. The molecule has 0 spiro atoms. The number of hydrogen-bond donors (Lipinski definition) is 1. The van der Waals surface area contributed by atoms with E-state index in [0.29, 0.717) is 18.9 Å². The van der Waals surface area contributed by atoms with E-state index in [-0.39, 0.29) is 17.8 Å². The summed E-state index contributed by atoms with van der Waals surface area (Å²) in [4.78, 5) is 25.5. The van der Waals surface area contributed by atoms with Gasteiger partial charge in [-0.1, -0.05) is 19.8 Å². The highest BCUT2D eigenvalue weighted by Gasteiger charge is 2.22. The molecule has 0 aromatic carbocycles. The number of amides is 1. The number of carbonyl (C=O) groups is 1. The van der Waals surface area contributed by atoms with Gasteiger partial charge in [0.05, 0.1) is 0 Å². The Bertz CT molecular complexity index is 486. The molecular weight excluding hydrogens is 260 g/mol. The molecule has 7 heteroatoms. The Labute approximate surface area is 117 Å². The Hall–Kier alpha value is -1.92. The van der Waals surface area contributed by atoms with Gasteiger partial charge in [0.25, 0.3) is 0 Å². The Morgan fingerprint density at radius 1 is 1.55 bits per heavy atom.